The zero-order valence-corrected chi connectivity index (χ0v) is 14.5. The van der Waals surface area contributed by atoms with Crippen molar-refractivity contribution in [1.29, 1.82) is 0 Å². The highest BCUT2D eigenvalue weighted by Crippen LogP contribution is 2.27. The van der Waals surface area contributed by atoms with Crippen LogP contribution in [0.1, 0.15) is 60.9 Å². The highest BCUT2D eigenvalue weighted by molar-refractivity contribution is 5.87. The van der Waals surface area contributed by atoms with Gasteiger partial charge in [-0.15, -0.1) is 0 Å². The Labute approximate surface area is 145 Å². The van der Waals surface area contributed by atoms with Crippen LogP contribution in [0.15, 0.2) is 24.3 Å². The molecule has 2 aliphatic rings. The molecule has 132 valence electrons. The van der Waals surface area contributed by atoms with Crippen LogP contribution in [0.2, 0.25) is 0 Å². The van der Waals surface area contributed by atoms with Gasteiger partial charge in [0.05, 0.1) is 5.56 Å². The Hall–Kier alpha value is -1.39. The van der Waals surface area contributed by atoms with Gasteiger partial charge in [-0.1, -0.05) is 31.4 Å². The van der Waals surface area contributed by atoms with E-state index in [1.165, 1.54) is 58.0 Å². The monoisotopic (exact) mass is 330 g/mol. The second kappa shape index (κ2) is 8.63. The van der Waals surface area contributed by atoms with E-state index in [0.29, 0.717) is 11.6 Å². The second-order valence-corrected chi connectivity index (χ2v) is 7.43. The second-order valence-electron chi connectivity index (χ2n) is 7.43. The van der Waals surface area contributed by atoms with Gasteiger partial charge < -0.3 is 10.4 Å². The summed E-state index contributed by atoms with van der Waals surface area (Å²) in [6.45, 7) is 4.40. The van der Waals surface area contributed by atoms with Gasteiger partial charge in [0.2, 0.25) is 0 Å². The van der Waals surface area contributed by atoms with Gasteiger partial charge in [0.25, 0.3) is 0 Å². The molecule has 3 rings (SSSR count). The van der Waals surface area contributed by atoms with Gasteiger partial charge in [-0.25, -0.2) is 4.79 Å². The fourth-order valence-corrected chi connectivity index (χ4v) is 4.22. The SMILES string of the molecule is O=C(O)c1ccc(CNCC2CCCN2CC2CCCCC2)cc1. The fraction of sp³-hybridized carbons (Fsp3) is 0.650. The maximum absolute atomic E-state index is 10.9. The van der Waals surface area contributed by atoms with Crippen LogP contribution in [0.5, 0.6) is 0 Å². The number of rotatable bonds is 7. The first-order valence-electron chi connectivity index (χ1n) is 9.49. The Kier molecular flexibility index (Phi) is 6.27. The van der Waals surface area contributed by atoms with Crippen molar-refractivity contribution in [2.45, 2.75) is 57.5 Å². The lowest BCUT2D eigenvalue weighted by molar-refractivity contribution is 0.0697. The Morgan fingerprint density at radius 3 is 2.54 bits per heavy atom. The highest BCUT2D eigenvalue weighted by Gasteiger charge is 2.26. The normalized spacial score (nSPS) is 22.8. The molecule has 1 atom stereocenters. The van der Waals surface area contributed by atoms with Crippen molar-refractivity contribution in [3.8, 4) is 0 Å². The van der Waals surface area contributed by atoms with E-state index in [1.807, 2.05) is 12.1 Å². The van der Waals surface area contributed by atoms with Gasteiger partial charge in [-0.05, 0) is 55.8 Å². The van der Waals surface area contributed by atoms with E-state index < -0.39 is 5.97 Å². The van der Waals surface area contributed by atoms with E-state index in [0.717, 1.165) is 24.6 Å². The van der Waals surface area contributed by atoms with Gasteiger partial charge in [0.1, 0.15) is 0 Å². The quantitative estimate of drug-likeness (QED) is 0.803. The van der Waals surface area contributed by atoms with Crippen LogP contribution in [0.3, 0.4) is 0 Å². The van der Waals surface area contributed by atoms with Crippen LogP contribution in [0.4, 0.5) is 0 Å². The topological polar surface area (TPSA) is 52.6 Å². The third-order valence-electron chi connectivity index (χ3n) is 5.63. The molecule has 0 radical (unpaired) electrons. The van der Waals surface area contributed by atoms with Crippen molar-refractivity contribution in [1.82, 2.24) is 10.2 Å². The molecule has 0 aromatic heterocycles. The number of aromatic carboxylic acids is 1. The summed E-state index contributed by atoms with van der Waals surface area (Å²) in [5, 5.41) is 12.5. The molecule has 24 heavy (non-hydrogen) atoms. The molecule has 0 amide bonds. The Bertz CT molecular complexity index is 523. The number of benzene rings is 1. The highest BCUT2D eigenvalue weighted by atomic mass is 16.4. The summed E-state index contributed by atoms with van der Waals surface area (Å²) >= 11 is 0. The molecule has 1 saturated carbocycles. The minimum absolute atomic E-state index is 0.355. The van der Waals surface area contributed by atoms with Gasteiger partial charge in [0.15, 0.2) is 0 Å². The lowest BCUT2D eigenvalue weighted by atomic mass is 9.89. The van der Waals surface area contributed by atoms with Crippen molar-refractivity contribution in [2.24, 2.45) is 5.92 Å². The van der Waals surface area contributed by atoms with Crippen molar-refractivity contribution < 1.29 is 9.90 Å². The molecule has 1 aromatic rings. The predicted molar refractivity (Wildman–Crippen MR) is 96.3 cm³/mol. The van der Waals surface area contributed by atoms with Crippen LogP contribution in [0.25, 0.3) is 0 Å². The summed E-state index contributed by atoms with van der Waals surface area (Å²) < 4.78 is 0. The molecule has 1 aromatic carbocycles. The van der Waals surface area contributed by atoms with E-state index in [2.05, 4.69) is 10.2 Å². The summed E-state index contributed by atoms with van der Waals surface area (Å²) in [7, 11) is 0. The van der Waals surface area contributed by atoms with E-state index in [9.17, 15) is 4.79 Å². The lowest BCUT2D eigenvalue weighted by Gasteiger charge is -2.31. The molecule has 1 aliphatic heterocycles. The summed E-state index contributed by atoms with van der Waals surface area (Å²) in [6.07, 6.45) is 9.76. The predicted octanol–water partition coefficient (Wildman–Crippen LogP) is 3.52. The Morgan fingerprint density at radius 2 is 1.83 bits per heavy atom. The number of hydrogen-bond acceptors (Lipinski definition) is 3. The molecule has 1 saturated heterocycles. The number of nitrogens with zero attached hydrogens (tertiary/aromatic N) is 1. The summed E-state index contributed by atoms with van der Waals surface area (Å²) in [4.78, 5) is 13.6. The number of likely N-dealkylation sites (tertiary alicyclic amines) is 1. The van der Waals surface area contributed by atoms with Gasteiger partial charge in [-0.3, -0.25) is 4.90 Å². The average Bonchev–Trinajstić information content (AvgIpc) is 3.03. The van der Waals surface area contributed by atoms with Crippen molar-refractivity contribution >= 4 is 5.97 Å². The van der Waals surface area contributed by atoms with Crippen molar-refractivity contribution in [3.63, 3.8) is 0 Å². The van der Waals surface area contributed by atoms with E-state index in [1.54, 1.807) is 12.1 Å². The van der Waals surface area contributed by atoms with Crippen molar-refractivity contribution in [3.05, 3.63) is 35.4 Å². The molecule has 4 nitrogen and oxygen atoms in total. The Balaban J connectivity index is 1.42. The number of nitrogens with one attached hydrogen (secondary N) is 1. The van der Waals surface area contributed by atoms with Crippen LogP contribution in [-0.2, 0) is 6.54 Å². The van der Waals surface area contributed by atoms with Gasteiger partial charge in [0, 0.05) is 25.7 Å². The largest absolute Gasteiger partial charge is 0.478 e. The maximum Gasteiger partial charge on any atom is 0.335 e. The number of carbonyl (C=O) groups is 1. The first-order valence-corrected chi connectivity index (χ1v) is 9.49. The van der Waals surface area contributed by atoms with Crippen LogP contribution in [-0.4, -0.2) is 41.7 Å². The fourth-order valence-electron chi connectivity index (χ4n) is 4.22. The third-order valence-corrected chi connectivity index (χ3v) is 5.63. The van der Waals surface area contributed by atoms with E-state index in [-0.39, 0.29) is 0 Å². The zero-order chi connectivity index (χ0) is 16.8. The maximum atomic E-state index is 10.9. The summed E-state index contributed by atoms with van der Waals surface area (Å²) in [5.74, 6) is 0.0572. The molecule has 0 spiro atoms. The van der Waals surface area contributed by atoms with Crippen LogP contribution in [0, 0.1) is 5.92 Å². The number of carboxylic acid groups (broad SMARTS) is 1. The molecule has 2 N–H and O–H groups in total. The molecule has 1 heterocycles. The minimum Gasteiger partial charge on any atom is -0.478 e. The third kappa shape index (κ3) is 4.81. The van der Waals surface area contributed by atoms with Crippen molar-refractivity contribution in [2.75, 3.05) is 19.6 Å². The molecular weight excluding hydrogens is 300 g/mol. The van der Waals surface area contributed by atoms with Crippen LogP contribution >= 0.6 is 0 Å². The molecule has 1 unspecified atom stereocenters. The summed E-state index contributed by atoms with van der Waals surface area (Å²) in [6, 6.07) is 7.86. The van der Waals surface area contributed by atoms with E-state index >= 15 is 0 Å². The van der Waals surface area contributed by atoms with Gasteiger partial charge in [-0.2, -0.15) is 0 Å². The molecule has 4 heteroatoms. The first kappa shape index (κ1) is 17.4. The molecule has 1 aliphatic carbocycles. The van der Waals surface area contributed by atoms with Crippen LogP contribution < -0.4 is 5.32 Å². The summed E-state index contributed by atoms with van der Waals surface area (Å²) in [5.41, 5.74) is 1.50. The number of hydrogen-bond donors (Lipinski definition) is 2. The standard InChI is InChI=1S/C20H30N2O2/c23-20(24)18-10-8-16(9-11-18)13-21-14-19-7-4-12-22(19)15-17-5-2-1-3-6-17/h8-11,17,19,21H,1-7,12-15H2,(H,23,24). The molecule has 2 fully saturated rings. The number of carboxylic acids is 1. The minimum atomic E-state index is -0.862. The Morgan fingerprint density at radius 1 is 1.08 bits per heavy atom. The molecular formula is C20H30N2O2. The average molecular weight is 330 g/mol. The zero-order valence-electron chi connectivity index (χ0n) is 14.5. The lowest BCUT2D eigenvalue weighted by Crippen LogP contribution is -2.40. The van der Waals surface area contributed by atoms with E-state index in [4.69, 9.17) is 5.11 Å². The smallest absolute Gasteiger partial charge is 0.335 e. The first-order chi connectivity index (χ1) is 11.7. The van der Waals surface area contributed by atoms with Gasteiger partial charge >= 0.3 is 5.97 Å². The molecule has 0 bridgehead atoms.